The summed E-state index contributed by atoms with van der Waals surface area (Å²) in [6, 6.07) is 4.29. The van der Waals surface area contributed by atoms with Crippen molar-refractivity contribution in [3.63, 3.8) is 0 Å². The van der Waals surface area contributed by atoms with Gasteiger partial charge in [0.1, 0.15) is 36.9 Å². The second-order valence-corrected chi connectivity index (χ2v) is 8.17. The number of hydrogen-bond acceptors (Lipinski definition) is 12. The second kappa shape index (κ2) is 15.0. The highest BCUT2D eigenvalue weighted by molar-refractivity contribution is 6.34. The molecule has 0 fully saturated rings. The molecule has 2 aromatic rings. The molecule has 0 radical (unpaired) electrons. The van der Waals surface area contributed by atoms with E-state index in [1.165, 1.54) is 7.11 Å². The summed E-state index contributed by atoms with van der Waals surface area (Å²) in [5, 5.41) is 22.3. The van der Waals surface area contributed by atoms with E-state index in [4.69, 9.17) is 51.6 Å². The second-order valence-electron chi connectivity index (χ2n) is 7.38. The number of ether oxygens (including phenoxy) is 6. The standard InChI is InChI=1S/C23H24Cl2N2O12/c1-4-35-22(28)13-6-16(24)21(27(32)33)19(9-13)38-11-15(39-12-34-3)10-37-18-8-14(23(29)36-5-2)7-17(20(18)25)26(30)31/h6-9,15H,4-5,10-12H2,1-3H3. The largest absolute Gasteiger partial charge is 0.489 e. The van der Waals surface area contributed by atoms with Gasteiger partial charge in [-0.15, -0.1) is 0 Å². The van der Waals surface area contributed by atoms with E-state index in [1.807, 2.05) is 0 Å². The molecule has 212 valence electrons. The Hall–Kier alpha value is -3.72. The van der Waals surface area contributed by atoms with Crippen LogP contribution in [0.3, 0.4) is 0 Å². The van der Waals surface area contributed by atoms with E-state index in [-0.39, 0.29) is 65.9 Å². The fraction of sp³-hybridized carbons (Fsp3) is 0.391. The predicted molar refractivity (Wildman–Crippen MR) is 136 cm³/mol. The minimum atomic E-state index is -0.990. The maximum atomic E-state index is 12.1. The highest BCUT2D eigenvalue weighted by Gasteiger charge is 2.27. The molecule has 0 aliphatic rings. The molecule has 39 heavy (non-hydrogen) atoms. The fourth-order valence-electron chi connectivity index (χ4n) is 3.02. The van der Waals surface area contributed by atoms with Crippen molar-refractivity contribution in [1.29, 1.82) is 0 Å². The van der Waals surface area contributed by atoms with Crippen molar-refractivity contribution < 1.29 is 47.9 Å². The summed E-state index contributed by atoms with van der Waals surface area (Å²) >= 11 is 12.1. The van der Waals surface area contributed by atoms with Crippen LogP contribution in [0.1, 0.15) is 34.6 Å². The molecule has 0 saturated heterocycles. The van der Waals surface area contributed by atoms with Gasteiger partial charge in [-0.05, 0) is 26.0 Å². The fourth-order valence-corrected chi connectivity index (χ4v) is 3.53. The van der Waals surface area contributed by atoms with Gasteiger partial charge < -0.3 is 28.4 Å². The van der Waals surface area contributed by atoms with Gasteiger partial charge in [-0.2, -0.15) is 0 Å². The number of nitrogens with zero attached hydrogens (tertiary/aromatic N) is 2. The van der Waals surface area contributed by atoms with Gasteiger partial charge in [-0.25, -0.2) is 9.59 Å². The SMILES string of the molecule is CCOC(=O)c1cc(Cl)c([N+](=O)[O-])c(OCC(COc2cc(C(=O)OCC)cc([N+](=O)[O-])c2Cl)OCOC)c1. The lowest BCUT2D eigenvalue weighted by Gasteiger charge is -2.19. The highest BCUT2D eigenvalue weighted by atomic mass is 35.5. The van der Waals surface area contributed by atoms with Crippen molar-refractivity contribution in [2.24, 2.45) is 0 Å². The smallest absolute Gasteiger partial charge is 0.338 e. The molecule has 0 saturated carbocycles. The molecule has 14 nitrogen and oxygen atoms in total. The normalized spacial score (nSPS) is 11.4. The number of nitro benzene ring substituents is 2. The number of methoxy groups -OCH3 is 1. The molecule has 2 rings (SSSR count). The minimum Gasteiger partial charge on any atom is -0.489 e. The van der Waals surface area contributed by atoms with E-state index in [0.29, 0.717) is 0 Å². The van der Waals surface area contributed by atoms with Crippen molar-refractivity contribution in [2.75, 3.05) is 40.3 Å². The van der Waals surface area contributed by atoms with Crippen molar-refractivity contribution in [1.82, 2.24) is 0 Å². The van der Waals surface area contributed by atoms with Gasteiger partial charge in [-0.1, -0.05) is 23.2 Å². The van der Waals surface area contributed by atoms with Crippen LogP contribution in [0.2, 0.25) is 10.0 Å². The Bertz CT molecular complexity index is 1220. The van der Waals surface area contributed by atoms with Gasteiger partial charge in [0.2, 0.25) is 0 Å². The summed E-state index contributed by atoms with van der Waals surface area (Å²) in [7, 11) is 1.34. The maximum Gasteiger partial charge on any atom is 0.338 e. The molecule has 0 aliphatic carbocycles. The molecular weight excluding hydrogens is 567 g/mol. The van der Waals surface area contributed by atoms with Crippen LogP contribution in [-0.4, -0.2) is 68.2 Å². The van der Waals surface area contributed by atoms with E-state index < -0.39 is 39.3 Å². The lowest BCUT2D eigenvalue weighted by molar-refractivity contribution is -0.385. The van der Waals surface area contributed by atoms with Gasteiger partial charge in [0.25, 0.3) is 5.69 Å². The summed E-state index contributed by atoms with van der Waals surface area (Å²) in [5.74, 6) is -2.17. The first-order valence-electron chi connectivity index (χ1n) is 11.2. The topological polar surface area (TPSA) is 176 Å². The summed E-state index contributed by atoms with van der Waals surface area (Å²) in [6.45, 7) is 2.26. The number of esters is 2. The van der Waals surface area contributed by atoms with Crippen LogP contribution in [0.5, 0.6) is 11.5 Å². The average Bonchev–Trinajstić information content (AvgIpc) is 2.88. The molecule has 16 heteroatoms. The number of nitro groups is 2. The van der Waals surface area contributed by atoms with Crippen LogP contribution in [-0.2, 0) is 18.9 Å². The number of carbonyl (C=O) groups excluding carboxylic acids is 2. The molecule has 1 atom stereocenters. The first-order chi connectivity index (χ1) is 18.5. The summed E-state index contributed by atoms with van der Waals surface area (Å²) in [6.07, 6.45) is -0.990. The molecule has 0 spiro atoms. The lowest BCUT2D eigenvalue weighted by atomic mass is 10.2. The van der Waals surface area contributed by atoms with Gasteiger partial charge in [0.15, 0.2) is 10.8 Å². The van der Waals surface area contributed by atoms with Crippen LogP contribution >= 0.6 is 23.2 Å². The zero-order valence-electron chi connectivity index (χ0n) is 21.0. The van der Waals surface area contributed by atoms with Crippen LogP contribution in [0.4, 0.5) is 11.4 Å². The molecule has 1 unspecified atom stereocenters. The minimum absolute atomic E-state index is 0.0310. The Morgan fingerprint density at radius 2 is 1.41 bits per heavy atom. The Balaban J connectivity index is 2.32. The molecule has 0 bridgehead atoms. The summed E-state index contributed by atoms with van der Waals surface area (Å²) in [4.78, 5) is 45.7. The monoisotopic (exact) mass is 590 g/mol. The third kappa shape index (κ3) is 8.64. The highest BCUT2D eigenvalue weighted by Crippen LogP contribution is 2.37. The number of rotatable bonds is 15. The van der Waals surface area contributed by atoms with Gasteiger partial charge >= 0.3 is 17.6 Å². The lowest BCUT2D eigenvalue weighted by Crippen LogP contribution is -2.29. The Morgan fingerprint density at radius 3 is 1.92 bits per heavy atom. The molecule has 0 amide bonds. The van der Waals surface area contributed by atoms with Crippen LogP contribution < -0.4 is 9.47 Å². The molecule has 2 aromatic carbocycles. The van der Waals surface area contributed by atoms with E-state index in [1.54, 1.807) is 13.8 Å². The van der Waals surface area contributed by atoms with Crippen molar-refractivity contribution in [2.45, 2.75) is 20.0 Å². The zero-order valence-corrected chi connectivity index (χ0v) is 22.5. The summed E-state index contributed by atoms with van der Waals surface area (Å²) in [5.41, 5.74) is -1.45. The maximum absolute atomic E-state index is 12.1. The zero-order chi connectivity index (χ0) is 29.1. The van der Waals surface area contributed by atoms with Crippen molar-refractivity contribution in [3.8, 4) is 11.5 Å². The number of benzene rings is 2. The van der Waals surface area contributed by atoms with E-state index in [0.717, 1.165) is 24.3 Å². The molecule has 0 N–H and O–H groups in total. The van der Waals surface area contributed by atoms with E-state index in [2.05, 4.69) is 0 Å². The summed E-state index contributed by atoms with van der Waals surface area (Å²) < 4.78 is 31.3. The third-order valence-corrected chi connectivity index (χ3v) is 5.39. The molecule has 0 aliphatic heterocycles. The van der Waals surface area contributed by atoms with Gasteiger partial charge in [0, 0.05) is 19.2 Å². The van der Waals surface area contributed by atoms with Crippen LogP contribution in [0.25, 0.3) is 0 Å². The first kappa shape index (κ1) is 31.5. The number of carbonyl (C=O) groups is 2. The van der Waals surface area contributed by atoms with Crippen molar-refractivity contribution >= 4 is 46.5 Å². The Morgan fingerprint density at radius 1 is 0.872 bits per heavy atom. The molecule has 0 aromatic heterocycles. The van der Waals surface area contributed by atoms with E-state index >= 15 is 0 Å². The van der Waals surface area contributed by atoms with E-state index in [9.17, 15) is 29.8 Å². The molecule has 0 heterocycles. The molecular formula is C23H24Cl2N2O12. The Labute approximate surface area is 231 Å². The van der Waals surface area contributed by atoms with Gasteiger partial charge in [0.05, 0.1) is 34.2 Å². The number of hydrogen-bond donors (Lipinski definition) is 0. The first-order valence-corrected chi connectivity index (χ1v) is 12.0. The quantitative estimate of drug-likeness (QED) is 0.122. The van der Waals surface area contributed by atoms with Crippen molar-refractivity contribution in [3.05, 3.63) is 65.7 Å². The van der Waals surface area contributed by atoms with Gasteiger partial charge in [-0.3, -0.25) is 20.2 Å². The third-order valence-electron chi connectivity index (χ3n) is 4.72. The van der Waals surface area contributed by atoms with Crippen LogP contribution in [0.15, 0.2) is 24.3 Å². The average molecular weight is 591 g/mol. The Kier molecular flexibility index (Phi) is 12.1. The van der Waals surface area contributed by atoms with Crippen LogP contribution in [0, 0.1) is 20.2 Å². The number of halogens is 2. The predicted octanol–water partition coefficient (Wildman–Crippen LogP) is 4.61.